The summed E-state index contributed by atoms with van der Waals surface area (Å²) < 4.78 is 5.82. The third-order valence-corrected chi connectivity index (χ3v) is 4.20. The first kappa shape index (κ1) is 16.8. The molecule has 22 heavy (non-hydrogen) atoms. The number of hydrogen-bond donors (Lipinski definition) is 0. The van der Waals surface area contributed by atoms with Crippen molar-refractivity contribution in [2.75, 3.05) is 33.2 Å². The highest BCUT2D eigenvalue weighted by atomic mass is 16.5. The Balaban J connectivity index is 1.93. The lowest BCUT2D eigenvalue weighted by molar-refractivity contribution is -0.139. The van der Waals surface area contributed by atoms with Gasteiger partial charge in [-0.15, -0.1) is 0 Å². The van der Waals surface area contributed by atoms with Gasteiger partial charge in [0.05, 0.1) is 0 Å². The second kappa shape index (κ2) is 6.69. The van der Waals surface area contributed by atoms with Crippen LogP contribution < -0.4 is 4.74 Å². The van der Waals surface area contributed by atoms with Gasteiger partial charge in [0.2, 0.25) is 0 Å². The summed E-state index contributed by atoms with van der Waals surface area (Å²) in [7, 11) is 2.08. The van der Waals surface area contributed by atoms with Gasteiger partial charge in [-0.1, -0.05) is 32.9 Å². The van der Waals surface area contributed by atoms with Crippen molar-refractivity contribution < 1.29 is 9.53 Å². The molecule has 0 N–H and O–H groups in total. The normalized spacial score (nSPS) is 18.1. The van der Waals surface area contributed by atoms with E-state index in [0.717, 1.165) is 31.9 Å². The molecule has 0 radical (unpaired) electrons. The molecule has 1 fully saturated rings. The smallest absolute Gasteiger partial charge is 0.263 e. The zero-order valence-corrected chi connectivity index (χ0v) is 14.4. The highest BCUT2D eigenvalue weighted by molar-refractivity contribution is 5.81. The molecule has 1 amide bonds. The van der Waals surface area contributed by atoms with E-state index in [1.807, 2.05) is 24.0 Å². The van der Waals surface area contributed by atoms with Crippen LogP contribution in [0.2, 0.25) is 0 Å². The van der Waals surface area contributed by atoms with Crippen LogP contribution in [0.4, 0.5) is 0 Å². The Labute approximate surface area is 134 Å². The number of rotatable bonds is 3. The number of benzene rings is 1. The Kier molecular flexibility index (Phi) is 5.12. The molecule has 0 spiro atoms. The summed E-state index contributed by atoms with van der Waals surface area (Å²) in [6.07, 6.45) is -0.441. The number of likely N-dealkylation sites (N-methyl/N-ethyl adjacent to an activating group) is 1. The highest BCUT2D eigenvalue weighted by Gasteiger charge is 2.25. The van der Waals surface area contributed by atoms with Crippen LogP contribution in [0.25, 0.3) is 0 Å². The van der Waals surface area contributed by atoms with Crippen LogP contribution >= 0.6 is 0 Å². The summed E-state index contributed by atoms with van der Waals surface area (Å²) >= 11 is 0. The standard InChI is InChI=1S/C18H28N2O2/c1-14(17(21)20-12-10-19(5)11-13-20)22-16-8-6-15(7-9-16)18(2,3)4/h6-9,14H,10-13H2,1-5H3. The monoisotopic (exact) mass is 304 g/mol. The maximum atomic E-state index is 12.4. The molecule has 1 heterocycles. The number of carbonyl (C=O) groups is 1. The third-order valence-electron chi connectivity index (χ3n) is 4.20. The highest BCUT2D eigenvalue weighted by Crippen LogP contribution is 2.24. The number of ether oxygens (including phenoxy) is 1. The molecule has 2 rings (SSSR count). The molecule has 4 nitrogen and oxygen atoms in total. The van der Waals surface area contributed by atoms with Crippen LogP contribution in [0.3, 0.4) is 0 Å². The van der Waals surface area contributed by atoms with Gasteiger partial charge in [-0.3, -0.25) is 4.79 Å². The van der Waals surface area contributed by atoms with Gasteiger partial charge in [-0.05, 0) is 37.1 Å². The quantitative estimate of drug-likeness (QED) is 0.860. The Bertz CT molecular complexity index is 497. The van der Waals surface area contributed by atoms with E-state index in [4.69, 9.17) is 4.74 Å². The number of hydrogen-bond acceptors (Lipinski definition) is 3. The van der Waals surface area contributed by atoms with Gasteiger partial charge >= 0.3 is 0 Å². The molecule has 1 aliphatic rings. The maximum Gasteiger partial charge on any atom is 0.263 e. The SMILES string of the molecule is CC(Oc1ccc(C(C)(C)C)cc1)C(=O)N1CCN(C)CC1. The van der Waals surface area contributed by atoms with E-state index >= 15 is 0 Å². The lowest BCUT2D eigenvalue weighted by Gasteiger charge is -2.33. The summed E-state index contributed by atoms with van der Waals surface area (Å²) in [5.41, 5.74) is 1.39. The minimum absolute atomic E-state index is 0.0768. The predicted molar refractivity (Wildman–Crippen MR) is 89.3 cm³/mol. The first-order chi connectivity index (χ1) is 10.3. The average molecular weight is 304 g/mol. The molecule has 1 atom stereocenters. The molecule has 122 valence electrons. The van der Waals surface area contributed by atoms with Crippen LogP contribution in [0, 0.1) is 0 Å². The van der Waals surface area contributed by atoms with E-state index in [9.17, 15) is 4.79 Å². The van der Waals surface area contributed by atoms with Crippen molar-refractivity contribution in [1.29, 1.82) is 0 Å². The molecule has 0 bridgehead atoms. The van der Waals surface area contributed by atoms with Crippen LogP contribution in [-0.4, -0.2) is 55.0 Å². The average Bonchev–Trinajstić information content (AvgIpc) is 2.47. The van der Waals surface area contributed by atoms with Gasteiger partial charge in [-0.2, -0.15) is 0 Å². The molecule has 1 saturated heterocycles. The molecule has 1 aromatic carbocycles. The van der Waals surface area contributed by atoms with Crippen LogP contribution in [0.15, 0.2) is 24.3 Å². The van der Waals surface area contributed by atoms with E-state index < -0.39 is 6.10 Å². The Hall–Kier alpha value is -1.55. The van der Waals surface area contributed by atoms with E-state index in [2.05, 4.69) is 44.9 Å². The third kappa shape index (κ3) is 4.23. The number of nitrogens with zero attached hydrogens (tertiary/aromatic N) is 2. The zero-order valence-electron chi connectivity index (χ0n) is 14.4. The molecular formula is C18H28N2O2. The summed E-state index contributed by atoms with van der Waals surface area (Å²) in [6, 6.07) is 8.05. The lowest BCUT2D eigenvalue weighted by atomic mass is 9.87. The molecule has 4 heteroatoms. The number of carbonyl (C=O) groups excluding carboxylic acids is 1. The predicted octanol–water partition coefficient (Wildman–Crippen LogP) is 2.53. The topological polar surface area (TPSA) is 32.8 Å². The molecular weight excluding hydrogens is 276 g/mol. The van der Waals surface area contributed by atoms with Gasteiger partial charge in [-0.25, -0.2) is 0 Å². The van der Waals surface area contributed by atoms with E-state index in [1.165, 1.54) is 5.56 Å². The van der Waals surface area contributed by atoms with E-state index in [1.54, 1.807) is 0 Å². The zero-order chi connectivity index (χ0) is 16.3. The molecule has 1 aromatic rings. The number of piperazine rings is 1. The second-order valence-electron chi connectivity index (χ2n) is 7.16. The van der Waals surface area contributed by atoms with Crippen molar-refractivity contribution in [1.82, 2.24) is 9.80 Å². The maximum absolute atomic E-state index is 12.4. The second-order valence-corrected chi connectivity index (χ2v) is 7.16. The van der Waals surface area contributed by atoms with Crippen molar-refractivity contribution >= 4 is 5.91 Å². The van der Waals surface area contributed by atoms with Crippen molar-refractivity contribution in [3.8, 4) is 5.75 Å². The van der Waals surface area contributed by atoms with Gasteiger partial charge in [0, 0.05) is 26.2 Å². The van der Waals surface area contributed by atoms with Crippen LogP contribution in [0.5, 0.6) is 5.75 Å². The molecule has 0 aliphatic carbocycles. The molecule has 1 unspecified atom stereocenters. The fourth-order valence-electron chi connectivity index (χ4n) is 2.57. The van der Waals surface area contributed by atoms with Gasteiger partial charge in [0.1, 0.15) is 5.75 Å². The summed E-state index contributed by atoms with van der Waals surface area (Å²) in [6.45, 7) is 11.8. The van der Waals surface area contributed by atoms with Gasteiger partial charge < -0.3 is 14.5 Å². The van der Waals surface area contributed by atoms with E-state index in [-0.39, 0.29) is 11.3 Å². The Morgan fingerprint density at radius 3 is 2.14 bits per heavy atom. The first-order valence-electron chi connectivity index (χ1n) is 8.02. The van der Waals surface area contributed by atoms with Crippen molar-refractivity contribution in [2.45, 2.75) is 39.2 Å². The van der Waals surface area contributed by atoms with Crippen molar-refractivity contribution in [3.05, 3.63) is 29.8 Å². The lowest BCUT2D eigenvalue weighted by Crippen LogP contribution is -2.50. The molecule has 1 aliphatic heterocycles. The first-order valence-corrected chi connectivity index (χ1v) is 8.02. The Morgan fingerprint density at radius 1 is 1.09 bits per heavy atom. The summed E-state index contributed by atoms with van der Waals surface area (Å²) in [5.74, 6) is 0.830. The number of amides is 1. The molecule has 0 saturated carbocycles. The summed E-state index contributed by atoms with van der Waals surface area (Å²) in [4.78, 5) is 16.6. The fraction of sp³-hybridized carbons (Fsp3) is 0.611. The largest absolute Gasteiger partial charge is 0.481 e. The minimum Gasteiger partial charge on any atom is -0.481 e. The fourth-order valence-corrected chi connectivity index (χ4v) is 2.57. The summed E-state index contributed by atoms with van der Waals surface area (Å²) in [5, 5.41) is 0. The van der Waals surface area contributed by atoms with Crippen molar-refractivity contribution in [2.24, 2.45) is 0 Å². The Morgan fingerprint density at radius 2 is 1.64 bits per heavy atom. The van der Waals surface area contributed by atoms with Gasteiger partial charge in [0.15, 0.2) is 6.10 Å². The van der Waals surface area contributed by atoms with Gasteiger partial charge in [0.25, 0.3) is 5.91 Å². The van der Waals surface area contributed by atoms with Crippen LogP contribution in [0.1, 0.15) is 33.3 Å². The van der Waals surface area contributed by atoms with Crippen molar-refractivity contribution in [3.63, 3.8) is 0 Å². The molecule has 0 aromatic heterocycles. The van der Waals surface area contributed by atoms with E-state index in [0.29, 0.717) is 0 Å². The van der Waals surface area contributed by atoms with Crippen LogP contribution in [-0.2, 0) is 10.2 Å². The minimum atomic E-state index is -0.441.